The zero-order chi connectivity index (χ0) is 26.5. The predicted molar refractivity (Wildman–Crippen MR) is 140 cm³/mol. The van der Waals surface area contributed by atoms with Gasteiger partial charge in [-0.3, -0.25) is 19.7 Å². The van der Waals surface area contributed by atoms with Gasteiger partial charge in [-0.15, -0.1) is 0 Å². The quantitative estimate of drug-likeness (QED) is 0.175. The van der Waals surface area contributed by atoms with Crippen LogP contribution < -0.4 is 15.4 Å². The lowest BCUT2D eigenvalue weighted by atomic mass is 10.1. The minimum atomic E-state index is -0.709. The van der Waals surface area contributed by atoms with Crippen LogP contribution >= 0.6 is 15.9 Å². The summed E-state index contributed by atoms with van der Waals surface area (Å²) in [6, 6.07) is 17.6. The Morgan fingerprint density at radius 3 is 2.59 bits per heavy atom. The second-order valence-corrected chi connectivity index (χ2v) is 9.11. The maximum atomic E-state index is 12.9. The van der Waals surface area contributed by atoms with Crippen molar-refractivity contribution in [1.29, 1.82) is 0 Å². The van der Waals surface area contributed by atoms with E-state index in [0.717, 1.165) is 10.5 Å². The monoisotopic (exact) mass is 564 g/mol. The number of carbonyl (C=O) groups is 3. The van der Waals surface area contributed by atoms with E-state index in [9.17, 15) is 24.5 Å². The van der Waals surface area contributed by atoms with Gasteiger partial charge in [0.1, 0.15) is 24.6 Å². The Labute approximate surface area is 220 Å². The van der Waals surface area contributed by atoms with E-state index in [0.29, 0.717) is 27.0 Å². The topological polar surface area (TPSA) is 131 Å². The lowest BCUT2D eigenvalue weighted by Crippen LogP contribution is -2.38. The van der Waals surface area contributed by atoms with Crippen molar-refractivity contribution in [3.63, 3.8) is 0 Å². The molecular formula is C26H21BrN4O6. The number of nitro groups is 1. The summed E-state index contributed by atoms with van der Waals surface area (Å²) < 4.78 is 6.60. The largest absolute Gasteiger partial charge is 0.488 e. The van der Waals surface area contributed by atoms with Crippen LogP contribution in [0.25, 0.3) is 6.08 Å². The summed E-state index contributed by atoms with van der Waals surface area (Å²) in [5, 5.41) is 16.0. The van der Waals surface area contributed by atoms with Crippen LogP contribution in [0.4, 0.5) is 16.2 Å². The number of ether oxygens (including phenoxy) is 1. The summed E-state index contributed by atoms with van der Waals surface area (Å²) in [5.74, 6) is -0.734. The van der Waals surface area contributed by atoms with Crippen LogP contribution in [0, 0.1) is 17.0 Å². The van der Waals surface area contributed by atoms with Gasteiger partial charge in [0.2, 0.25) is 5.91 Å². The predicted octanol–water partition coefficient (Wildman–Crippen LogP) is 4.78. The summed E-state index contributed by atoms with van der Waals surface area (Å²) >= 11 is 3.39. The first kappa shape index (κ1) is 25.6. The van der Waals surface area contributed by atoms with E-state index in [4.69, 9.17) is 4.74 Å². The van der Waals surface area contributed by atoms with E-state index >= 15 is 0 Å². The third-order valence-electron chi connectivity index (χ3n) is 5.38. The summed E-state index contributed by atoms with van der Waals surface area (Å²) in [7, 11) is 0. The zero-order valence-corrected chi connectivity index (χ0v) is 21.2. The van der Waals surface area contributed by atoms with Gasteiger partial charge in [0.05, 0.1) is 4.92 Å². The van der Waals surface area contributed by atoms with Gasteiger partial charge in [-0.2, -0.15) is 0 Å². The number of halogens is 1. The number of nitrogens with zero attached hydrogens (tertiary/aromatic N) is 2. The fraction of sp³-hybridized carbons (Fsp3) is 0.115. The van der Waals surface area contributed by atoms with Crippen molar-refractivity contribution in [1.82, 2.24) is 10.2 Å². The lowest BCUT2D eigenvalue weighted by molar-refractivity contribution is -0.384. The summed E-state index contributed by atoms with van der Waals surface area (Å²) in [5.41, 5.74) is 2.71. The molecule has 0 aliphatic carbocycles. The normalized spacial score (nSPS) is 14.0. The number of non-ortho nitro benzene ring substituents is 1. The average molecular weight is 565 g/mol. The third kappa shape index (κ3) is 6.39. The van der Waals surface area contributed by atoms with Crippen molar-refractivity contribution in [2.24, 2.45) is 0 Å². The number of rotatable bonds is 8. The number of aryl methyl sites for hydroxylation is 1. The van der Waals surface area contributed by atoms with Crippen LogP contribution in [0.5, 0.6) is 5.75 Å². The van der Waals surface area contributed by atoms with Crippen LogP contribution in [0.15, 0.2) is 76.9 Å². The third-order valence-corrected chi connectivity index (χ3v) is 5.87. The second-order valence-electron chi connectivity index (χ2n) is 8.19. The van der Waals surface area contributed by atoms with Crippen molar-refractivity contribution in [2.45, 2.75) is 13.5 Å². The maximum absolute atomic E-state index is 12.9. The first-order chi connectivity index (χ1) is 17.7. The molecule has 11 heteroatoms. The van der Waals surface area contributed by atoms with Crippen molar-refractivity contribution in [3.8, 4) is 5.75 Å². The highest BCUT2D eigenvalue weighted by atomic mass is 79.9. The Balaban J connectivity index is 1.47. The molecule has 4 rings (SSSR count). The number of hydrogen-bond donors (Lipinski definition) is 2. The number of nitro benzene ring substituents is 1. The molecule has 37 heavy (non-hydrogen) atoms. The van der Waals surface area contributed by atoms with E-state index in [-0.39, 0.29) is 18.0 Å². The smallest absolute Gasteiger partial charge is 0.329 e. The highest BCUT2D eigenvalue weighted by Crippen LogP contribution is 2.27. The first-order valence-corrected chi connectivity index (χ1v) is 11.9. The molecule has 1 fully saturated rings. The maximum Gasteiger partial charge on any atom is 0.329 e. The molecule has 0 aromatic heterocycles. The molecule has 1 aliphatic rings. The van der Waals surface area contributed by atoms with E-state index in [2.05, 4.69) is 26.6 Å². The Morgan fingerprint density at radius 2 is 1.89 bits per heavy atom. The molecule has 3 aromatic carbocycles. The van der Waals surface area contributed by atoms with Gasteiger partial charge in [-0.25, -0.2) is 9.69 Å². The standard InChI is InChI=1S/C26H21BrN4O6/c1-16-3-2-4-20(11-16)28-24(32)14-30-25(33)22(29-26(30)34)13-18-12-19(27)7-10-23(18)37-15-17-5-8-21(9-6-17)31(35)36/h2-13H,14-15H2,1H3,(H,28,32)(H,29,34)/b22-13+. The van der Waals surface area contributed by atoms with Gasteiger partial charge < -0.3 is 15.4 Å². The molecule has 1 saturated heterocycles. The van der Waals surface area contributed by atoms with Crippen molar-refractivity contribution >= 4 is 51.2 Å². The highest BCUT2D eigenvalue weighted by molar-refractivity contribution is 9.10. The second kappa shape index (κ2) is 11.0. The first-order valence-electron chi connectivity index (χ1n) is 11.1. The number of benzene rings is 3. The number of amides is 4. The molecule has 0 radical (unpaired) electrons. The van der Waals surface area contributed by atoms with Crippen molar-refractivity contribution < 1.29 is 24.0 Å². The van der Waals surface area contributed by atoms with Crippen molar-refractivity contribution in [2.75, 3.05) is 11.9 Å². The van der Waals surface area contributed by atoms with Crippen LogP contribution in [-0.2, 0) is 16.2 Å². The molecule has 0 unspecified atom stereocenters. The average Bonchev–Trinajstić information content (AvgIpc) is 3.11. The zero-order valence-electron chi connectivity index (χ0n) is 19.6. The van der Waals surface area contributed by atoms with Gasteiger partial charge in [-0.1, -0.05) is 28.1 Å². The van der Waals surface area contributed by atoms with Crippen molar-refractivity contribution in [3.05, 3.63) is 104 Å². The molecule has 1 heterocycles. The van der Waals surface area contributed by atoms with E-state index < -0.39 is 29.3 Å². The number of carbonyl (C=O) groups excluding carboxylic acids is 3. The van der Waals surface area contributed by atoms with Crippen LogP contribution in [0.1, 0.15) is 16.7 Å². The number of hydrogen-bond acceptors (Lipinski definition) is 6. The molecule has 188 valence electrons. The molecule has 2 N–H and O–H groups in total. The van der Waals surface area contributed by atoms with Gasteiger partial charge in [0.15, 0.2) is 0 Å². The molecular weight excluding hydrogens is 544 g/mol. The Hall–Kier alpha value is -4.51. The lowest BCUT2D eigenvalue weighted by Gasteiger charge is -2.12. The molecule has 0 spiro atoms. The van der Waals surface area contributed by atoms with Gasteiger partial charge in [-0.05, 0) is 66.6 Å². The van der Waals surface area contributed by atoms with E-state index in [1.54, 1.807) is 48.5 Å². The van der Waals surface area contributed by atoms with Crippen LogP contribution in [0.2, 0.25) is 0 Å². The fourth-order valence-corrected chi connectivity index (χ4v) is 3.95. The van der Waals surface area contributed by atoms with Gasteiger partial charge in [0.25, 0.3) is 11.6 Å². The Kier molecular flexibility index (Phi) is 7.63. The van der Waals surface area contributed by atoms with Crippen LogP contribution in [-0.4, -0.2) is 34.2 Å². The fourth-order valence-electron chi connectivity index (χ4n) is 3.58. The number of anilines is 1. The van der Waals surface area contributed by atoms with Gasteiger partial charge in [0, 0.05) is 27.9 Å². The van der Waals surface area contributed by atoms with E-state index in [1.165, 1.54) is 18.2 Å². The molecule has 0 saturated carbocycles. The number of nitrogens with one attached hydrogen (secondary N) is 2. The van der Waals surface area contributed by atoms with E-state index in [1.807, 2.05) is 13.0 Å². The Bertz CT molecular complexity index is 1420. The molecule has 0 atom stereocenters. The summed E-state index contributed by atoms with van der Waals surface area (Å²) in [4.78, 5) is 49.0. The molecule has 1 aliphatic heterocycles. The van der Waals surface area contributed by atoms with Crippen LogP contribution in [0.3, 0.4) is 0 Å². The molecule has 3 aromatic rings. The highest BCUT2D eigenvalue weighted by Gasteiger charge is 2.35. The molecule has 10 nitrogen and oxygen atoms in total. The Morgan fingerprint density at radius 1 is 1.14 bits per heavy atom. The minimum absolute atomic E-state index is 0.00774. The number of urea groups is 1. The summed E-state index contributed by atoms with van der Waals surface area (Å²) in [6.07, 6.45) is 1.47. The minimum Gasteiger partial charge on any atom is -0.488 e. The molecule has 0 bridgehead atoms. The SMILES string of the molecule is Cc1cccc(NC(=O)CN2C(=O)N/C(=C/c3cc(Br)ccc3OCc3ccc([N+](=O)[O-])cc3)C2=O)c1. The van der Waals surface area contributed by atoms with Gasteiger partial charge >= 0.3 is 6.03 Å². The summed E-state index contributed by atoms with van der Waals surface area (Å²) in [6.45, 7) is 1.56. The molecule has 4 amide bonds. The number of imide groups is 1.